The van der Waals surface area contributed by atoms with Crippen molar-refractivity contribution in [2.75, 3.05) is 6.61 Å². The van der Waals surface area contributed by atoms with E-state index in [1.807, 2.05) is 0 Å². The summed E-state index contributed by atoms with van der Waals surface area (Å²) >= 11 is 0. The highest BCUT2D eigenvalue weighted by molar-refractivity contribution is 5.79. The van der Waals surface area contributed by atoms with Crippen molar-refractivity contribution in [2.45, 2.75) is 37.6 Å². The predicted molar refractivity (Wildman–Crippen MR) is 54.2 cm³/mol. The molecule has 1 unspecified atom stereocenters. The maximum atomic E-state index is 9.68. The van der Waals surface area contributed by atoms with Crippen LogP contribution in [0.2, 0.25) is 0 Å². The summed E-state index contributed by atoms with van der Waals surface area (Å²) in [6.07, 6.45) is -5.07. The average molecular weight is 235 g/mol. The number of aliphatic hydroxyl groups is 4. The normalized spacial score (nSPS) is 40.9. The number of aliphatic hydroxyl groups excluding tert-OH is 4. The largest absolute Gasteiger partial charge is 0.394 e. The lowest BCUT2D eigenvalue weighted by atomic mass is 9.97. The van der Waals surface area contributed by atoms with E-state index in [1.54, 1.807) is 0 Å². The van der Waals surface area contributed by atoms with Crippen LogP contribution in [0.1, 0.15) is 6.92 Å². The first-order valence-corrected chi connectivity index (χ1v) is 4.82. The van der Waals surface area contributed by atoms with Crippen molar-refractivity contribution >= 4 is 5.84 Å². The van der Waals surface area contributed by atoms with Gasteiger partial charge in [0.2, 0.25) is 0 Å². The molecular weight excluding hydrogens is 218 g/mol. The molecule has 1 saturated heterocycles. The Morgan fingerprint density at radius 2 is 2.00 bits per heavy atom. The number of hydrazine groups is 1. The molecule has 0 radical (unpaired) electrons. The first kappa shape index (κ1) is 13.3. The van der Waals surface area contributed by atoms with Crippen LogP contribution in [0.15, 0.2) is 4.99 Å². The number of ether oxygens (including phenoxy) is 1. The molecule has 0 aromatic rings. The zero-order chi connectivity index (χ0) is 12.3. The number of hydrogen-bond donors (Lipinski definition) is 6. The van der Waals surface area contributed by atoms with Crippen molar-refractivity contribution in [3.63, 3.8) is 0 Å². The van der Waals surface area contributed by atoms with E-state index < -0.39 is 37.3 Å². The zero-order valence-electron chi connectivity index (χ0n) is 8.82. The summed E-state index contributed by atoms with van der Waals surface area (Å²) in [4.78, 5) is 3.85. The summed E-state index contributed by atoms with van der Waals surface area (Å²) in [6.45, 7) is 1.03. The summed E-state index contributed by atoms with van der Waals surface area (Å²) < 4.78 is 4.90. The average Bonchev–Trinajstić information content (AvgIpc) is 2.28. The van der Waals surface area contributed by atoms with Crippen molar-refractivity contribution in [3.05, 3.63) is 0 Å². The van der Waals surface area contributed by atoms with Crippen LogP contribution in [0.3, 0.4) is 0 Å². The molecule has 1 heterocycles. The van der Waals surface area contributed by atoms with Crippen LogP contribution < -0.4 is 11.3 Å². The van der Waals surface area contributed by atoms with E-state index in [4.69, 9.17) is 15.7 Å². The number of aliphatic imine (C=N–C) groups is 1. The first-order valence-electron chi connectivity index (χ1n) is 4.82. The Kier molecular flexibility index (Phi) is 4.59. The van der Waals surface area contributed by atoms with Crippen LogP contribution in [-0.2, 0) is 4.74 Å². The van der Waals surface area contributed by atoms with E-state index in [9.17, 15) is 15.3 Å². The van der Waals surface area contributed by atoms with Crippen molar-refractivity contribution in [3.8, 4) is 0 Å². The lowest BCUT2D eigenvalue weighted by Crippen LogP contribution is -2.58. The molecule has 1 rings (SSSR count). The second-order valence-electron chi connectivity index (χ2n) is 3.58. The molecule has 0 spiro atoms. The zero-order valence-corrected chi connectivity index (χ0v) is 8.82. The van der Waals surface area contributed by atoms with Gasteiger partial charge in [-0.15, -0.1) is 0 Å². The molecule has 1 fully saturated rings. The van der Waals surface area contributed by atoms with Gasteiger partial charge in [-0.3, -0.25) is 4.99 Å². The van der Waals surface area contributed by atoms with Gasteiger partial charge in [0.1, 0.15) is 30.2 Å². The van der Waals surface area contributed by atoms with Gasteiger partial charge in [0.05, 0.1) is 6.61 Å². The number of nitrogens with zero attached hydrogens (tertiary/aromatic N) is 1. The quantitative estimate of drug-likeness (QED) is 0.127. The molecular formula is C8H17N3O5. The van der Waals surface area contributed by atoms with Crippen LogP contribution in [0.25, 0.3) is 0 Å². The van der Waals surface area contributed by atoms with Crippen LogP contribution in [0, 0.1) is 0 Å². The molecule has 0 aromatic heterocycles. The van der Waals surface area contributed by atoms with Crippen molar-refractivity contribution in [1.82, 2.24) is 5.43 Å². The summed E-state index contributed by atoms with van der Waals surface area (Å²) in [5, 5.41) is 37.6. The van der Waals surface area contributed by atoms with Gasteiger partial charge in [-0.25, -0.2) is 5.84 Å². The number of rotatable bonds is 2. The maximum Gasteiger partial charge on any atom is 0.180 e. The molecule has 8 nitrogen and oxygen atoms in total. The van der Waals surface area contributed by atoms with Crippen LogP contribution in [0.5, 0.6) is 0 Å². The van der Waals surface area contributed by atoms with E-state index >= 15 is 0 Å². The second-order valence-corrected chi connectivity index (χ2v) is 3.58. The molecule has 0 bridgehead atoms. The maximum absolute atomic E-state index is 9.68. The molecule has 0 saturated carbocycles. The third kappa shape index (κ3) is 2.67. The highest BCUT2D eigenvalue weighted by Crippen LogP contribution is 2.22. The molecule has 16 heavy (non-hydrogen) atoms. The standard InChI is InChI=1S/C8H17N3O5/c1-3(11-9)10-5-7(14)6(13)4(2-12)16-8(5)15/h4-8,12-15H,2,9H2,1H3,(H,10,11)/t4-,5-,6-,7-,8?/m1/s1. The highest BCUT2D eigenvalue weighted by Gasteiger charge is 2.43. The van der Waals surface area contributed by atoms with Gasteiger partial charge in [0, 0.05) is 0 Å². The molecule has 7 N–H and O–H groups in total. The number of nitrogens with two attached hydrogens (primary N) is 1. The Morgan fingerprint density at radius 1 is 1.38 bits per heavy atom. The van der Waals surface area contributed by atoms with Crippen molar-refractivity contribution in [2.24, 2.45) is 10.8 Å². The van der Waals surface area contributed by atoms with Gasteiger partial charge in [0.25, 0.3) is 0 Å². The van der Waals surface area contributed by atoms with Gasteiger partial charge in [-0.1, -0.05) is 0 Å². The fourth-order valence-electron chi connectivity index (χ4n) is 1.48. The van der Waals surface area contributed by atoms with Gasteiger partial charge in [-0.2, -0.15) is 0 Å². The molecule has 1 aliphatic rings. The first-order chi connectivity index (χ1) is 7.51. The SMILES string of the molecule is CC(=N[C@H]1C(O)O[C@H](CO)[C@@H](O)[C@@H]1O)NN. The summed E-state index contributed by atoms with van der Waals surface area (Å²) in [6, 6.07) is -1.05. The number of amidine groups is 1. The van der Waals surface area contributed by atoms with Crippen molar-refractivity contribution in [1.29, 1.82) is 0 Å². The number of hydrogen-bond acceptors (Lipinski definition) is 7. The Morgan fingerprint density at radius 3 is 2.50 bits per heavy atom. The smallest absolute Gasteiger partial charge is 0.180 e. The van der Waals surface area contributed by atoms with E-state index in [1.165, 1.54) is 6.92 Å². The van der Waals surface area contributed by atoms with Crippen LogP contribution >= 0.6 is 0 Å². The highest BCUT2D eigenvalue weighted by atomic mass is 16.6. The van der Waals surface area contributed by atoms with E-state index in [0.29, 0.717) is 0 Å². The van der Waals surface area contributed by atoms with Crippen LogP contribution in [0.4, 0.5) is 0 Å². The number of nitrogens with one attached hydrogen (secondary N) is 1. The summed E-state index contributed by atoms with van der Waals surface area (Å²) in [7, 11) is 0. The Balaban J connectivity index is 2.79. The van der Waals surface area contributed by atoms with Gasteiger partial charge in [-0.05, 0) is 6.92 Å². The lowest BCUT2D eigenvalue weighted by molar-refractivity contribution is -0.248. The van der Waals surface area contributed by atoms with E-state index in [-0.39, 0.29) is 5.84 Å². The minimum atomic E-state index is -1.40. The molecule has 8 heteroatoms. The summed E-state index contributed by atoms with van der Waals surface area (Å²) in [5.41, 5.74) is 2.23. The van der Waals surface area contributed by atoms with Gasteiger partial charge < -0.3 is 30.6 Å². The topological polar surface area (TPSA) is 141 Å². The second kappa shape index (κ2) is 5.53. The molecule has 0 aromatic carbocycles. The fraction of sp³-hybridized carbons (Fsp3) is 0.875. The Hall–Kier alpha value is -0.770. The molecule has 0 aliphatic carbocycles. The van der Waals surface area contributed by atoms with E-state index in [0.717, 1.165) is 0 Å². The monoisotopic (exact) mass is 235 g/mol. The molecule has 94 valence electrons. The third-order valence-corrected chi connectivity index (χ3v) is 2.42. The minimum Gasteiger partial charge on any atom is -0.394 e. The van der Waals surface area contributed by atoms with Gasteiger partial charge >= 0.3 is 0 Å². The Labute approximate surface area is 92.3 Å². The molecule has 5 atom stereocenters. The lowest BCUT2D eigenvalue weighted by Gasteiger charge is -2.38. The molecule has 0 amide bonds. The van der Waals surface area contributed by atoms with E-state index in [2.05, 4.69) is 10.4 Å². The summed E-state index contributed by atoms with van der Waals surface area (Å²) in [5.74, 6) is 5.36. The van der Waals surface area contributed by atoms with Crippen LogP contribution in [-0.4, -0.2) is 63.5 Å². The van der Waals surface area contributed by atoms with Crippen molar-refractivity contribution < 1.29 is 25.2 Å². The third-order valence-electron chi connectivity index (χ3n) is 2.42. The van der Waals surface area contributed by atoms with Gasteiger partial charge in [0.15, 0.2) is 6.29 Å². The minimum absolute atomic E-state index is 0.279. The Bertz CT molecular complexity index is 262. The fourth-order valence-corrected chi connectivity index (χ4v) is 1.48. The molecule has 1 aliphatic heterocycles. The predicted octanol–water partition coefficient (Wildman–Crippen LogP) is -3.33.